The number of rotatable bonds is 6. The lowest BCUT2D eigenvalue weighted by Gasteiger charge is -2.05. The molecule has 0 unspecified atom stereocenters. The molecular weight excluding hydrogens is 320 g/mol. The van der Waals surface area contributed by atoms with E-state index in [0.717, 1.165) is 22.8 Å². The van der Waals surface area contributed by atoms with E-state index in [-0.39, 0.29) is 10.8 Å². The Hall–Kier alpha value is -0.850. The van der Waals surface area contributed by atoms with Gasteiger partial charge in [0.1, 0.15) is 21.6 Å². The van der Waals surface area contributed by atoms with E-state index in [1.165, 1.54) is 12.1 Å². The van der Waals surface area contributed by atoms with Gasteiger partial charge in [0.15, 0.2) is 11.5 Å². The maximum atomic E-state index is 11.3. The molecule has 0 amide bonds. The van der Waals surface area contributed by atoms with Gasteiger partial charge in [0.2, 0.25) is 0 Å². The van der Waals surface area contributed by atoms with Gasteiger partial charge in [-0.3, -0.25) is 4.79 Å². The number of aryl methyl sites for hydroxylation is 1. The molecule has 0 aromatic heterocycles. The first-order valence-electron chi connectivity index (χ1n) is 7.31. The molecule has 0 saturated carbocycles. The predicted octanol–water partition coefficient (Wildman–Crippen LogP) is 2.77. The number of hydrogen-bond acceptors (Lipinski definition) is 4. The van der Waals surface area contributed by atoms with E-state index in [1.807, 2.05) is 20.8 Å². The minimum atomic E-state index is -4.27. The largest absolute Gasteiger partial charge is 0.744 e. The standard InChI is InChI=1S/C9H19OS.C7H8O3S/c1-5-11(6-2)7-9(10)8(3)4;1-6-2-4-7(5-3-6)11(8,9)10/h8H,5-7H2,1-4H3;2-5H,1H3,(H,8,9,10)/q+1;/p-1. The highest BCUT2D eigenvalue weighted by Gasteiger charge is 2.19. The maximum absolute atomic E-state index is 11.3. The van der Waals surface area contributed by atoms with Crippen LogP contribution < -0.4 is 0 Å². The van der Waals surface area contributed by atoms with Crippen LogP contribution in [0.25, 0.3) is 0 Å². The third-order valence-corrected chi connectivity index (χ3v) is 6.29. The summed E-state index contributed by atoms with van der Waals surface area (Å²) in [5.41, 5.74) is 0.928. The highest BCUT2D eigenvalue weighted by atomic mass is 32.2. The van der Waals surface area contributed by atoms with E-state index in [0.29, 0.717) is 16.7 Å². The van der Waals surface area contributed by atoms with Crippen molar-refractivity contribution in [1.29, 1.82) is 0 Å². The molecule has 126 valence electrons. The van der Waals surface area contributed by atoms with Crippen LogP contribution in [0, 0.1) is 12.8 Å². The first kappa shape index (κ1) is 21.1. The van der Waals surface area contributed by atoms with Crippen LogP contribution in [0.1, 0.15) is 33.3 Å². The molecule has 22 heavy (non-hydrogen) atoms. The zero-order valence-electron chi connectivity index (χ0n) is 14.0. The van der Waals surface area contributed by atoms with Gasteiger partial charge in [-0.1, -0.05) is 31.5 Å². The molecule has 0 spiro atoms. The summed E-state index contributed by atoms with van der Waals surface area (Å²) < 4.78 is 31.2. The van der Waals surface area contributed by atoms with E-state index in [9.17, 15) is 17.8 Å². The van der Waals surface area contributed by atoms with E-state index in [1.54, 1.807) is 12.1 Å². The Morgan fingerprint density at radius 3 is 1.91 bits per heavy atom. The number of ketones is 1. The number of Topliss-reactive ketones (excluding diaryl/α,β-unsaturated/α-hetero) is 1. The lowest BCUT2D eigenvalue weighted by molar-refractivity contribution is -0.119. The van der Waals surface area contributed by atoms with Gasteiger partial charge in [-0.15, -0.1) is 0 Å². The normalized spacial score (nSPS) is 11.3. The van der Waals surface area contributed by atoms with Crippen molar-refractivity contribution in [3.05, 3.63) is 29.8 Å². The highest BCUT2D eigenvalue weighted by molar-refractivity contribution is 7.97. The summed E-state index contributed by atoms with van der Waals surface area (Å²) >= 11 is 0. The van der Waals surface area contributed by atoms with Gasteiger partial charge in [-0.25, -0.2) is 8.42 Å². The van der Waals surface area contributed by atoms with Crippen LogP contribution in [0.15, 0.2) is 29.2 Å². The molecule has 0 aliphatic rings. The Morgan fingerprint density at radius 2 is 1.59 bits per heavy atom. The first-order chi connectivity index (χ1) is 10.1. The average molecular weight is 347 g/mol. The fourth-order valence-corrected chi connectivity index (χ4v) is 3.50. The van der Waals surface area contributed by atoms with Crippen molar-refractivity contribution in [3.8, 4) is 0 Å². The summed E-state index contributed by atoms with van der Waals surface area (Å²) in [4.78, 5) is 11.1. The van der Waals surface area contributed by atoms with Crippen LogP contribution in [0.2, 0.25) is 0 Å². The Bertz CT molecular complexity index is 544. The number of hydrogen-bond donors (Lipinski definition) is 0. The lowest BCUT2D eigenvalue weighted by atomic mass is 10.1. The molecule has 1 aromatic carbocycles. The van der Waals surface area contributed by atoms with Gasteiger partial charge in [0.05, 0.1) is 4.90 Å². The summed E-state index contributed by atoms with van der Waals surface area (Å²) in [5.74, 6) is 3.79. The molecule has 0 saturated heterocycles. The van der Waals surface area contributed by atoms with Gasteiger partial charge in [0.25, 0.3) is 0 Å². The molecule has 0 bridgehead atoms. The topological polar surface area (TPSA) is 74.3 Å². The molecule has 0 radical (unpaired) electrons. The van der Waals surface area contributed by atoms with Crippen LogP contribution in [0.4, 0.5) is 0 Å². The van der Waals surface area contributed by atoms with Crippen LogP contribution in [-0.4, -0.2) is 36.0 Å². The first-order valence-corrected chi connectivity index (χ1v) is 10.4. The van der Waals surface area contributed by atoms with E-state index >= 15 is 0 Å². The monoisotopic (exact) mass is 346 g/mol. The predicted molar refractivity (Wildman–Crippen MR) is 92.3 cm³/mol. The van der Waals surface area contributed by atoms with Crippen molar-refractivity contribution in [3.63, 3.8) is 0 Å². The van der Waals surface area contributed by atoms with E-state index < -0.39 is 10.1 Å². The number of carbonyl (C=O) groups excluding carboxylic acids is 1. The number of carbonyl (C=O) groups is 1. The molecule has 0 aliphatic carbocycles. The highest BCUT2D eigenvalue weighted by Crippen LogP contribution is 2.08. The maximum Gasteiger partial charge on any atom is 0.184 e. The van der Waals surface area contributed by atoms with Crippen LogP contribution in [0.5, 0.6) is 0 Å². The van der Waals surface area contributed by atoms with Crippen molar-refractivity contribution in [1.82, 2.24) is 0 Å². The summed E-state index contributed by atoms with van der Waals surface area (Å²) in [6, 6.07) is 5.78. The minimum Gasteiger partial charge on any atom is -0.744 e. The number of benzene rings is 1. The van der Waals surface area contributed by atoms with Crippen LogP contribution in [0.3, 0.4) is 0 Å². The molecule has 0 atom stereocenters. The van der Waals surface area contributed by atoms with E-state index in [4.69, 9.17) is 0 Å². The van der Waals surface area contributed by atoms with Crippen molar-refractivity contribution in [2.75, 3.05) is 17.3 Å². The third kappa shape index (κ3) is 8.56. The van der Waals surface area contributed by atoms with E-state index in [2.05, 4.69) is 13.8 Å². The molecule has 1 rings (SSSR count). The summed E-state index contributed by atoms with van der Waals surface area (Å²) in [6.45, 7) is 10.1. The smallest absolute Gasteiger partial charge is 0.184 e. The van der Waals surface area contributed by atoms with Gasteiger partial charge < -0.3 is 4.55 Å². The molecule has 6 heteroatoms. The quantitative estimate of drug-likeness (QED) is 0.586. The van der Waals surface area contributed by atoms with Crippen LogP contribution >= 0.6 is 0 Å². The second kappa shape index (κ2) is 10.0. The van der Waals surface area contributed by atoms with Gasteiger partial charge in [0, 0.05) is 5.92 Å². The zero-order chi connectivity index (χ0) is 17.3. The SMILES string of the molecule is CC[S+](CC)CC(=O)C(C)C.Cc1ccc(S(=O)(=O)[O-])cc1. The van der Waals surface area contributed by atoms with Gasteiger partial charge in [-0.05, 0) is 43.8 Å². The van der Waals surface area contributed by atoms with Crippen LogP contribution in [-0.2, 0) is 25.8 Å². The molecule has 0 aliphatic heterocycles. The second-order valence-electron chi connectivity index (χ2n) is 5.22. The molecule has 1 aromatic rings. The molecule has 0 N–H and O–H groups in total. The summed E-state index contributed by atoms with van der Waals surface area (Å²) in [6.07, 6.45) is 0. The molecule has 0 heterocycles. The molecule has 4 nitrogen and oxygen atoms in total. The van der Waals surface area contributed by atoms with Gasteiger partial charge >= 0.3 is 0 Å². The summed E-state index contributed by atoms with van der Waals surface area (Å²) in [7, 11) is -3.91. The van der Waals surface area contributed by atoms with Crippen molar-refractivity contribution in [2.24, 2.45) is 5.92 Å². The second-order valence-corrected chi connectivity index (χ2v) is 9.27. The Morgan fingerprint density at radius 1 is 1.14 bits per heavy atom. The minimum absolute atomic E-state index is 0.178. The Balaban J connectivity index is 0.000000401. The summed E-state index contributed by atoms with van der Waals surface area (Å²) in [5, 5.41) is 0. The lowest BCUT2D eigenvalue weighted by Crippen LogP contribution is -2.23. The van der Waals surface area contributed by atoms with Crippen molar-refractivity contribution < 1.29 is 17.8 Å². The Labute approximate surface area is 137 Å². The van der Waals surface area contributed by atoms with Crippen molar-refractivity contribution >= 4 is 26.8 Å². The van der Waals surface area contributed by atoms with Gasteiger partial charge in [-0.2, -0.15) is 0 Å². The van der Waals surface area contributed by atoms with Crippen molar-refractivity contribution in [2.45, 2.75) is 39.5 Å². The Kier molecular flexibility index (Phi) is 9.64. The average Bonchev–Trinajstić information content (AvgIpc) is 2.44. The zero-order valence-corrected chi connectivity index (χ0v) is 15.6. The fourth-order valence-electron chi connectivity index (χ4n) is 1.48. The third-order valence-electron chi connectivity index (χ3n) is 3.12. The molecular formula is C16H26O4S2. The fraction of sp³-hybridized carbons (Fsp3) is 0.562. The molecule has 0 fully saturated rings.